The second-order valence-electron chi connectivity index (χ2n) is 12.6. The summed E-state index contributed by atoms with van der Waals surface area (Å²) in [6.07, 6.45) is 4.74. The highest BCUT2D eigenvalue weighted by Crippen LogP contribution is 2.47. The number of hydrogen-bond donors (Lipinski definition) is 3. The van der Waals surface area contributed by atoms with Gasteiger partial charge in [-0.3, -0.25) is 34.1 Å². The van der Waals surface area contributed by atoms with Gasteiger partial charge in [0.15, 0.2) is 0 Å². The van der Waals surface area contributed by atoms with E-state index in [4.69, 9.17) is 5.10 Å². The first-order chi connectivity index (χ1) is 21.0. The van der Waals surface area contributed by atoms with Gasteiger partial charge in [-0.15, -0.1) is 0 Å². The summed E-state index contributed by atoms with van der Waals surface area (Å²) in [4.78, 5) is 53.6. The van der Waals surface area contributed by atoms with Crippen LogP contribution in [0.15, 0.2) is 36.4 Å². The zero-order valence-corrected chi connectivity index (χ0v) is 24.0. The summed E-state index contributed by atoms with van der Waals surface area (Å²) < 4.78 is 2.29. The molecular weight excluding hydrogens is 546 g/mol. The molecule has 1 aromatic heterocycles. The fraction of sp³-hybridized carbons (Fsp3) is 0.469. The Bertz CT molecular complexity index is 1670. The molecular formula is C32H35N7O4. The van der Waals surface area contributed by atoms with E-state index in [0.29, 0.717) is 29.0 Å². The van der Waals surface area contributed by atoms with Gasteiger partial charge in [0.25, 0.3) is 11.8 Å². The molecule has 1 atom stereocenters. The average molecular weight is 582 g/mol. The number of imide groups is 2. The molecule has 5 aliphatic rings. The quantitative estimate of drug-likeness (QED) is 0.364. The van der Waals surface area contributed by atoms with Crippen LogP contribution in [0.1, 0.15) is 76.9 Å². The monoisotopic (exact) mass is 581 g/mol. The maximum absolute atomic E-state index is 13.2. The van der Waals surface area contributed by atoms with Crippen molar-refractivity contribution in [3.8, 4) is 0 Å². The average Bonchev–Trinajstić information content (AvgIpc) is 3.73. The molecule has 3 aromatic rings. The van der Waals surface area contributed by atoms with Crippen molar-refractivity contribution in [3.63, 3.8) is 0 Å². The summed E-state index contributed by atoms with van der Waals surface area (Å²) in [6.45, 7) is 4.81. The van der Waals surface area contributed by atoms with Gasteiger partial charge >= 0.3 is 0 Å². The van der Waals surface area contributed by atoms with Crippen LogP contribution in [0.2, 0.25) is 0 Å². The Morgan fingerprint density at radius 2 is 1.72 bits per heavy atom. The predicted molar refractivity (Wildman–Crippen MR) is 160 cm³/mol. The SMILES string of the molecule is O=C1CCC(N2C(=O)c3ccc(NC[C@H]4C[C@H](n5nc(C6CC6)c6c(N7CCNCC7)cccc65)C4)cc3C2=O)C(=O)N1. The Kier molecular flexibility index (Phi) is 6.25. The lowest BCUT2D eigenvalue weighted by atomic mass is 9.80. The van der Waals surface area contributed by atoms with Gasteiger partial charge in [-0.25, -0.2) is 0 Å². The van der Waals surface area contributed by atoms with Crippen molar-refractivity contribution in [3.05, 3.63) is 53.2 Å². The number of amides is 4. The molecule has 43 heavy (non-hydrogen) atoms. The molecule has 11 nitrogen and oxygen atoms in total. The van der Waals surface area contributed by atoms with E-state index in [2.05, 4.69) is 43.7 Å². The molecule has 4 heterocycles. The molecule has 0 spiro atoms. The number of benzene rings is 2. The Labute approximate surface area is 248 Å². The summed E-state index contributed by atoms with van der Waals surface area (Å²) in [5.74, 6) is -0.912. The van der Waals surface area contributed by atoms with Gasteiger partial charge in [-0.1, -0.05) is 6.07 Å². The van der Waals surface area contributed by atoms with Crippen LogP contribution < -0.4 is 20.9 Å². The van der Waals surface area contributed by atoms with Crippen LogP contribution in [0.4, 0.5) is 11.4 Å². The molecule has 2 aliphatic carbocycles. The number of rotatable bonds is 7. The topological polar surface area (TPSA) is 129 Å². The first kappa shape index (κ1) is 26.4. The molecule has 3 aliphatic heterocycles. The van der Waals surface area contributed by atoms with Gasteiger partial charge in [0, 0.05) is 61.8 Å². The lowest BCUT2D eigenvalue weighted by Gasteiger charge is -2.36. The van der Waals surface area contributed by atoms with Crippen molar-refractivity contribution in [2.45, 2.75) is 56.5 Å². The van der Waals surface area contributed by atoms with E-state index < -0.39 is 23.8 Å². The summed E-state index contributed by atoms with van der Waals surface area (Å²) in [7, 11) is 0. The largest absolute Gasteiger partial charge is 0.385 e. The smallest absolute Gasteiger partial charge is 0.262 e. The van der Waals surface area contributed by atoms with Crippen LogP contribution in [-0.2, 0) is 9.59 Å². The Hall–Kier alpha value is -4.25. The first-order valence-corrected chi connectivity index (χ1v) is 15.5. The molecule has 3 N–H and O–H groups in total. The third kappa shape index (κ3) is 4.48. The van der Waals surface area contributed by atoms with Gasteiger partial charge in [0.1, 0.15) is 6.04 Å². The zero-order valence-electron chi connectivity index (χ0n) is 24.0. The maximum Gasteiger partial charge on any atom is 0.262 e. The molecule has 222 valence electrons. The fourth-order valence-electron chi connectivity index (χ4n) is 7.20. The van der Waals surface area contributed by atoms with Crippen LogP contribution in [0.5, 0.6) is 0 Å². The molecule has 11 heteroatoms. The van der Waals surface area contributed by atoms with E-state index in [9.17, 15) is 19.2 Å². The lowest BCUT2D eigenvalue weighted by molar-refractivity contribution is -0.136. The number of fused-ring (bicyclic) bond motifs is 2. The second-order valence-corrected chi connectivity index (χ2v) is 12.6. The van der Waals surface area contributed by atoms with Crippen molar-refractivity contribution < 1.29 is 19.2 Å². The van der Waals surface area contributed by atoms with Crippen LogP contribution in [0, 0.1) is 5.92 Å². The second kappa shape index (κ2) is 10.2. The van der Waals surface area contributed by atoms with Crippen molar-refractivity contribution in [1.29, 1.82) is 0 Å². The van der Waals surface area contributed by atoms with Crippen LogP contribution >= 0.6 is 0 Å². The Morgan fingerprint density at radius 1 is 0.930 bits per heavy atom. The van der Waals surface area contributed by atoms with Gasteiger partial charge in [0.2, 0.25) is 11.8 Å². The normalized spacial score (nSPS) is 25.6. The van der Waals surface area contributed by atoms with Crippen molar-refractivity contribution in [2.24, 2.45) is 5.92 Å². The number of carbonyl (C=O) groups is 4. The molecule has 0 radical (unpaired) electrons. The third-order valence-corrected chi connectivity index (χ3v) is 9.75. The van der Waals surface area contributed by atoms with Gasteiger partial charge in [-0.05, 0) is 68.4 Å². The predicted octanol–water partition coefficient (Wildman–Crippen LogP) is 2.79. The number of aromatic nitrogens is 2. The van der Waals surface area contributed by atoms with E-state index in [1.54, 1.807) is 12.1 Å². The molecule has 4 fully saturated rings. The summed E-state index contributed by atoms with van der Waals surface area (Å²) >= 11 is 0. The van der Waals surface area contributed by atoms with Crippen molar-refractivity contribution in [2.75, 3.05) is 42.9 Å². The number of hydrogen-bond acceptors (Lipinski definition) is 8. The molecule has 1 unspecified atom stereocenters. The zero-order chi connectivity index (χ0) is 29.2. The standard InChI is InChI=1S/C32H35N7O4/c40-27-9-8-26(30(41)35-27)38-31(42)22-7-6-20(16-23(22)32(38)43)34-17-18-14-21(15-18)39-25-3-1-2-24(37-12-10-33-11-13-37)28(25)29(36-39)19-4-5-19/h1-3,6-7,16,18-19,21,26,33-34H,4-5,8-15,17H2,(H,35,40,41)/t18-,21-,26?. The number of carbonyl (C=O) groups excluding carboxylic acids is 4. The first-order valence-electron chi connectivity index (χ1n) is 15.5. The van der Waals surface area contributed by atoms with Crippen molar-refractivity contribution in [1.82, 2.24) is 25.3 Å². The van der Waals surface area contributed by atoms with Gasteiger partial charge in [0.05, 0.1) is 28.4 Å². The molecule has 8 rings (SSSR count). The number of nitrogens with zero attached hydrogens (tertiary/aromatic N) is 4. The summed E-state index contributed by atoms with van der Waals surface area (Å²) in [6, 6.07) is 11.2. The summed E-state index contributed by atoms with van der Waals surface area (Å²) in [5.41, 5.74) is 5.20. The lowest BCUT2D eigenvalue weighted by Crippen LogP contribution is -2.54. The minimum absolute atomic E-state index is 0.104. The number of piperidine rings is 1. The Morgan fingerprint density at radius 3 is 2.49 bits per heavy atom. The fourth-order valence-corrected chi connectivity index (χ4v) is 7.20. The number of piperazine rings is 1. The highest BCUT2D eigenvalue weighted by atomic mass is 16.2. The minimum atomic E-state index is -0.958. The van der Waals surface area contributed by atoms with Crippen LogP contribution in [0.3, 0.4) is 0 Å². The van der Waals surface area contributed by atoms with E-state index >= 15 is 0 Å². The number of anilines is 2. The van der Waals surface area contributed by atoms with Gasteiger partial charge in [-0.2, -0.15) is 5.10 Å². The minimum Gasteiger partial charge on any atom is -0.385 e. The third-order valence-electron chi connectivity index (χ3n) is 9.75. The molecule has 4 amide bonds. The van der Waals surface area contributed by atoms with Crippen LogP contribution in [-0.4, -0.2) is 77.1 Å². The van der Waals surface area contributed by atoms with Crippen molar-refractivity contribution >= 4 is 45.9 Å². The van der Waals surface area contributed by atoms with E-state index in [-0.39, 0.29) is 18.7 Å². The molecule has 2 aromatic carbocycles. The van der Waals surface area contributed by atoms with E-state index in [1.165, 1.54) is 35.1 Å². The molecule has 2 saturated heterocycles. The highest BCUT2D eigenvalue weighted by Gasteiger charge is 2.45. The summed E-state index contributed by atoms with van der Waals surface area (Å²) in [5, 5.41) is 15.7. The maximum atomic E-state index is 13.2. The molecule has 0 bridgehead atoms. The number of nitrogens with one attached hydrogen (secondary N) is 3. The van der Waals surface area contributed by atoms with Crippen LogP contribution in [0.25, 0.3) is 10.9 Å². The Balaban J connectivity index is 0.944. The molecule has 2 saturated carbocycles. The highest BCUT2D eigenvalue weighted by molar-refractivity contribution is 6.23. The van der Waals surface area contributed by atoms with E-state index in [0.717, 1.165) is 56.2 Å². The van der Waals surface area contributed by atoms with E-state index in [1.807, 2.05) is 6.07 Å². The van der Waals surface area contributed by atoms with Gasteiger partial charge < -0.3 is 15.5 Å².